The molecule has 0 saturated carbocycles. The monoisotopic (exact) mass is 311 g/mol. The van der Waals surface area contributed by atoms with E-state index in [1.54, 1.807) is 10.9 Å². The topological polar surface area (TPSA) is 93.5 Å². The Kier molecular flexibility index (Phi) is 4.49. The van der Waals surface area contributed by atoms with E-state index < -0.39 is 10.0 Å². The number of aromatic nitrogens is 2. The smallest absolute Gasteiger partial charge is 0.265 e. The quantitative estimate of drug-likeness (QED) is 0.836. The third kappa shape index (κ3) is 3.34. The van der Waals surface area contributed by atoms with E-state index in [1.807, 2.05) is 6.92 Å². The van der Waals surface area contributed by atoms with Crippen LogP contribution >= 0.6 is 0 Å². The number of nitrogens with zero attached hydrogens (tertiary/aromatic N) is 2. The predicted octanol–water partition coefficient (Wildman–Crippen LogP) is 1.20. The van der Waals surface area contributed by atoms with Gasteiger partial charge in [-0.1, -0.05) is 6.07 Å². The molecule has 8 heteroatoms. The van der Waals surface area contributed by atoms with Gasteiger partial charge in [0.05, 0.1) is 25.6 Å². The highest BCUT2D eigenvalue weighted by atomic mass is 32.2. The second-order valence-corrected chi connectivity index (χ2v) is 5.98. The molecular formula is C13H17N3O4S. The molecule has 0 radical (unpaired) electrons. The average Bonchev–Trinajstić information content (AvgIpc) is 2.93. The normalized spacial score (nSPS) is 11.4. The summed E-state index contributed by atoms with van der Waals surface area (Å²) in [5, 5.41) is 13.1. The fourth-order valence-corrected chi connectivity index (χ4v) is 3.01. The summed E-state index contributed by atoms with van der Waals surface area (Å²) in [6.45, 7) is 2.37. The van der Waals surface area contributed by atoms with Crippen LogP contribution in [0.4, 0.5) is 5.69 Å². The van der Waals surface area contributed by atoms with Crippen LogP contribution in [0.25, 0.3) is 0 Å². The molecule has 0 aliphatic heterocycles. The van der Waals surface area contributed by atoms with E-state index in [4.69, 9.17) is 9.84 Å². The number of aliphatic hydroxyl groups is 1. The molecule has 2 N–H and O–H groups in total. The lowest BCUT2D eigenvalue weighted by molar-refractivity contribution is 0.280. The zero-order valence-electron chi connectivity index (χ0n) is 11.8. The molecular weight excluding hydrogens is 294 g/mol. The number of sulfonamides is 1. The molecule has 0 spiro atoms. The maximum Gasteiger partial charge on any atom is 0.265 e. The van der Waals surface area contributed by atoms with E-state index in [-0.39, 0.29) is 17.3 Å². The van der Waals surface area contributed by atoms with E-state index in [2.05, 4.69) is 9.82 Å². The standard InChI is InChI=1S/C13H17N3O4S/c1-3-16-8-11(7-14-16)15-21(18,19)13-5-4-10(9-17)6-12(13)20-2/h4-8,15,17H,3,9H2,1-2H3. The first-order chi connectivity index (χ1) is 10.00. The Balaban J connectivity index is 2.34. The van der Waals surface area contributed by atoms with Crippen LogP contribution in [0.1, 0.15) is 12.5 Å². The molecule has 0 fully saturated rings. The summed E-state index contributed by atoms with van der Waals surface area (Å²) in [5.74, 6) is 0.178. The summed E-state index contributed by atoms with van der Waals surface area (Å²) in [6, 6.07) is 4.42. The fourth-order valence-electron chi connectivity index (χ4n) is 1.83. The average molecular weight is 311 g/mol. The molecule has 21 heavy (non-hydrogen) atoms. The number of aliphatic hydroxyl groups excluding tert-OH is 1. The van der Waals surface area contributed by atoms with E-state index in [0.717, 1.165) is 0 Å². The van der Waals surface area contributed by atoms with Crippen molar-refractivity contribution in [3.8, 4) is 5.75 Å². The molecule has 0 bridgehead atoms. The van der Waals surface area contributed by atoms with Crippen molar-refractivity contribution >= 4 is 15.7 Å². The van der Waals surface area contributed by atoms with Crippen LogP contribution in [-0.2, 0) is 23.2 Å². The lowest BCUT2D eigenvalue weighted by Crippen LogP contribution is -2.14. The van der Waals surface area contributed by atoms with Crippen molar-refractivity contribution < 1.29 is 18.3 Å². The molecule has 114 valence electrons. The highest BCUT2D eigenvalue weighted by molar-refractivity contribution is 7.92. The van der Waals surface area contributed by atoms with E-state index >= 15 is 0 Å². The summed E-state index contributed by atoms with van der Waals surface area (Å²) in [7, 11) is -2.41. The second-order valence-electron chi connectivity index (χ2n) is 4.33. The van der Waals surface area contributed by atoms with Gasteiger partial charge in [-0.2, -0.15) is 5.10 Å². The number of aryl methyl sites for hydroxylation is 1. The minimum atomic E-state index is -3.79. The number of anilines is 1. The molecule has 0 unspecified atom stereocenters. The molecule has 2 aromatic rings. The van der Waals surface area contributed by atoms with Crippen molar-refractivity contribution in [1.82, 2.24) is 9.78 Å². The van der Waals surface area contributed by atoms with Gasteiger partial charge in [0, 0.05) is 12.7 Å². The molecule has 0 amide bonds. The maximum atomic E-state index is 12.4. The van der Waals surface area contributed by atoms with Crippen LogP contribution in [0.15, 0.2) is 35.5 Å². The number of methoxy groups -OCH3 is 1. The van der Waals surface area contributed by atoms with Crippen LogP contribution in [0.5, 0.6) is 5.75 Å². The molecule has 1 heterocycles. The first-order valence-corrected chi connectivity index (χ1v) is 7.81. The van der Waals surface area contributed by atoms with Gasteiger partial charge >= 0.3 is 0 Å². The maximum absolute atomic E-state index is 12.4. The highest BCUT2D eigenvalue weighted by Crippen LogP contribution is 2.26. The van der Waals surface area contributed by atoms with E-state index in [1.165, 1.54) is 31.5 Å². The Bertz CT molecular complexity index is 725. The molecule has 1 aromatic heterocycles. The van der Waals surface area contributed by atoms with Gasteiger partial charge in [-0.05, 0) is 24.6 Å². The molecule has 0 aliphatic carbocycles. The van der Waals surface area contributed by atoms with E-state index in [9.17, 15) is 8.42 Å². The summed E-state index contributed by atoms with van der Waals surface area (Å²) in [6.07, 6.45) is 3.04. The Hall–Kier alpha value is -2.06. The predicted molar refractivity (Wildman–Crippen MR) is 77.6 cm³/mol. The summed E-state index contributed by atoms with van der Waals surface area (Å²) in [5.41, 5.74) is 0.953. The summed E-state index contributed by atoms with van der Waals surface area (Å²) < 4.78 is 33.9. The van der Waals surface area contributed by atoms with Crippen LogP contribution in [0, 0.1) is 0 Å². The van der Waals surface area contributed by atoms with Crippen molar-refractivity contribution in [2.75, 3.05) is 11.8 Å². The SMILES string of the molecule is CCn1cc(NS(=O)(=O)c2ccc(CO)cc2OC)cn1. The van der Waals surface area contributed by atoms with Gasteiger partial charge in [0.15, 0.2) is 0 Å². The minimum Gasteiger partial charge on any atom is -0.495 e. The first-order valence-electron chi connectivity index (χ1n) is 6.33. The van der Waals surface area contributed by atoms with Crippen LogP contribution in [0.3, 0.4) is 0 Å². The van der Waals surface area contributed by atoms with Crippen molar-refractivity contribution in [1.29, 1.82) is 0 Å². The van der Waals surface area contributed by atoms with E-state index in [0.29, 0.717) is 17.8 Å². The van der Waals surface area contributed by atoms with Crippen LogP contribution < -0.4 is 9.46 Å². The molecule has 0 saturated heterocycles. The van der Waals surface area contributed by atoms with Gasteiger partial charge in [0.1, 0.15) is 10.6 Å². The molecule has 0 aliphatic rings. The molecule has 7 nitrogen and oxygen atoms in total. The molecule has 0 atom stereocenters. The Labute approximate surface area is 123 Å². The van der Waals surface area contributed by atoms with Gasteiger partial charge in [-0.3, -0.25) is 9.40 Å². The number of hydrogen-bond donors (Lipinski definition) is 2. The molecule has 2 rings (SSSR count). The Morgan fingerprint density at radius 3 is 2.76 bits per heavy atom. The van der Waals surface area contributed by atoms with Crippen molar-refractivity contribution in [3.63, 3.8) is 0 Å². The lowest BCUT2D eigenvalue weighted by Gasteiger charge is -2.11. The van der Waals surface area contributed by atoms with Gasteiger partial charge in [0.25, 0.3) is 10.0 Å². The number of ether oxygens (including phenoxy) is 1. The lowest BCUT2D eigenvalue weighted by atomic mass is 10.2. The Morgan fingerprint density at radius 1 is 1.43 bits per heavy atom. The van der Waals surface area contributed by atoms with Gasteiger partial charge in [0.2, 0.25) is 0 Å². The Morgan fingerprint density at radius 2 is 2.19 bits per heavy atom. The van der Waals surface area contributed by atoms with Gasteiger partial charge in [-0.25, -0.2) is 8.42 Å². The number of hydrogen-bond acceptors (Lipinski definition) is 5. The fraction of sp³-hybridized carbons (Fsp3) is 0.308. The molecule has 1 aromatic carbocycles. The van der Waals surface area contributed by atoms with Crippen LogP contribution in [-0.4, -0.2) is 30.4 Å². The third-order valence-electron chi connectivity index (χ3n) is 2.91. The zero-order chi connectivity index (χ0) is 15.5. The van der Waals surface area contributed by atoms with Gasteiger partial charge < -0.3 is 9.84 Å². The highest BCUT2D eigenvalue weighted by Gasteiger charge is 2.20. The van der Waals surface area contributed by atoms with Crippen molar-refractivity contribution in [2.45, 2.75) is 25.0 Å². The number of rotatable bonds is 6. The van der Waals surface area contributed by atoms with Crippen molar-refractivity contribution in [3.05, 3.63) is 36.2 Å². The summed E-state index contributed by atoms with van der Waals surface area (Å²) in [4.78, 5) is 0.00597. The number of benzene rings is 1. The minimum absolute atomic E-state index is 0.00597. The first kappa shape index (κ1) is 15.3. The number of nitrogens with one attached hydrogen (secondary N) is 1. The van der Waals surface area contributed by atoms with Gasteiger partial charge in [-0.15, -0.1) is 0 Å². The largest absolute Gasteiger partial charge is 0.495 e. The van der Waals surface area contributed by atoms with Crippen LogP contribution in [0.2, 0.25) is 0 Å². The van der Waals surface area contributed by atoms with Crippen molar-refractivity contribution in [2.24, 2.45) is 0 Å². The second kappa shape index (κ2) is 6.15. The third-order valence-corrected chi connectivity index (χ3v) is 4.33. The zero-order valence-corrected chi connectivity index (χ0v) is 12.6. The summed E-state index contributed by atoms with van der Waals surface area (Å²) >= 11 is 0.